The third-order valence-corrected chi connectivity index (χ3v) is 4.13. The Labute approximate surface area is 145 Å². The van der Waals surface area contributed by atoms with Crippen molar-refractivity contribution in [2.24, 2.45) is 0 Å². The Morgan fingerprint density at radius 1 is 1.16 bits per heavy atom. The van der Waals surface area contributed by atoms with Crippen LogP contribution in [0.15, 0.2) is 60.9 Å². The van der Waals surface area contributed by atoms with E-state index in [0.717, 1.165) is 18.5 Å². The van der Waals surface area contributed by atoms with Gasteiger partial charge in [0.05, 0.1) is 19.3 Å². The molecule has 0 atom stereocenters. The van der Waals surface area contributed by atoms with Gasteiger partial charge in [-0.1, -0.05) is 36.4 Å². The highest BCUT2D eigenvalue weighted by Gasteiger charge is 2.27. The largest absolute Gasteiger partial charge is 0.477 e. The monoisotopic (exact) mass is 334 g/mol. The van der Waals surface area contributed by atoms with Gasteiger partial charge in [0.25, 0.3) is 5.91 Å². The highest BCUT2D eigenvalue weighted by Crippen LogP contribution is 2.26. The number of aryl methyl sites for hydroxylation is 1. The molecule has 1 aliphatic rings. The number of rotatable bonds is 4. The summed E-state index contributed by atoms with van der Waals surface area (Å²) in [5.74, 6) is 0.989. The van der Waals surface area contributed by atoms with E-state index in [1.807, 2.05) is 48.5 Å². The number of anilines is 1. The van der Waals surface area contributed by atoms with Crippen LogP contribution in [0.4, 0.5) is 5.82 Å². The second-order valence-electron chi connectivity index (χ2n) is 5.85. The zero-order valence-corrected chi connectivity index (χ0v) is 13.7. The second-order valence-corrected chi connectivity index (χ2v) is 5.85. The fourth-order valence-electron chi connectivity index (χ4n) is 2.90. The lowest BCUT2D eigenvalue weighted by molar-refractivity contribution is 0.0978. The van der Waals surface area contributed by atoms with E-state index in [1.165, 1.54) is 0 Å². The third-order valence-electron chi connectivity index (χ3n) is 4.13. The van der Waals surface area contributed by atoms with E-state index in [9.17, 15) is 4.79 Å². The molecule has 0 aliphatic carbocycles. The van der Waals surface area contributed by atoms with Crippen molar-refractivity contribution in [1.29, 1.82) is 0 Å². The molecule has 0 saturated carbocycles. The summed E-state index contributed by atoms with van der Waals surface area (Å²) >= 11 is 0. The number of fused-ring (bicyclic) bond motifs is 1. The predicted octanol–water partition coefficient (Wildman–Crippen LogP) is 2.91. The summed E-state index contributed by atoms with van der Waals surface area (Å²) in [5, 5.41) is 4.28. The molecular weight excluding hydrogens is 316 g/mol. The average molecular weight is 334 g/mol. The van der Waals surface area contributed by atoms with E-state index in [4.69, 9.17) is 4.74 Å². The van der Waals surface area contributed by atoms with Crippen LogP contribution in [-0.2, 0) is 13.1 Å². The van der Waals surface area contributed by atoms with Gasteiger partial charge < -0.3 is 4.74 Å². The second kappa shape index (κ2) is 6.76. The van der Waals surface area contributed by atoms with Crippen LogP contribution in [-0.4, -0.2) is 27.3 Å². The van der Waals surface area contributed by atoms with E-state index >= 15 is 0 Å². The maximum absolute atomic E-state index is 13.2. The number of hydrogen-bond donors (Lipinski definition) is 0. The lowest BCUT2D eigenvalue weighted by Crippen LogP contribution is -2.31. The average Bonchev–Trinajstić information content (AvgIpc) is 3.11. The molecule has 6 nitrogen and oxygen atoms in total. The van der Waals surface area contributed by atoms with E-state index in [1.54, 1.807) is 22.0 Å². The number of carbonyl (C=O) groups is 1. The fourth-order valence-corrected chi connectivity index (χ4v) is 2.90. The lowest BCUT2D eigenvalue weighted by Gasteiger charge is -2.23. The van der Waals surface area contributed by atoms with Gasteiger partial charge in [0, 0.05) is 19.2 Å². The van der Waals surface area contributed by atoms with E-state index in [0.29, 0.717) is 30.4 Å². The van der Waals surface area contributed by atoms with Gasteiger partial charge >= 0.3 is 0 Å². The molecule has 0 fully saturated rings. The number of aromatic nitrogens is 3. The van der Waals surface area contributed by atoms with Gasteiger partial charge in [-0.15, -0.1) is 0 Å². The molecule has 3 aromatic rings. The number of benzene rings is 1. The van der Waals surface area contributed by atoms with Crippen LogP contribution in [0.1, 0.15) is 22.3 Å². The first-order valence-electron chi connectivity index (χ1n) is 8.28. The topological polar surface area (TPSA) is 60.3 Å². The Balaban J connectivity index is 1.70. The first kappa shape index (κ1) is 15.4. The van der Waals surface area contributed by atoms with Crippen LogP contribution in [0.25, 0.3) is 0 Å². The number of hydrogen-bond acceptors (Lipinski definition) is 4. The molecule has 3 heterocycles. The number of ether oxygens (including phenoxy) is 1. The number of carbonyl (C=O) groups excluding carboxylic acids is 1. The van der Waals surface area contributed by atoms with E-state index < -0.39 is 0 Å². The van der Waals surface area contributed by atoms with Crippen molar-refractivity contribution in [3.05, 3.63) is 72.1 Å². The molecular formula is C19H18N4O2. The van der Waals surface area contributed by atoms with Crippen molar-refractivity contribution < 1.29 is 9.53 Å². The molecule has 0 N–H and O–H groups in total. The molecule has 0 radical (unpaired) electrons. The first-order valence-corrected chi connectivity index (χ1v) is 8.28. The van der Waals surface area contributed by atoms with Crippen molar-refractivity contribution in [3.8, 4) is 5.88 Å². The molecule has 6 heteroatoms. The summed E-state index contributed by atoms with van der Waals surface area (Å²) in [7, 11) is 0. The van der Waals surface area contributed by atoms with Crippen LogP contribution in [0, 0.1) is 0 Å². The minimum absolute atomic E-state index is 0.161. The van der Waals surface area contributed by atoms with Gasteiger partial charge in [0.1, 0.15) is 11.4 Å². The number of amides is 1. The maximum Gasteiger partial charge on any atom is 0.266 e. The minimum atomic E-state index is -0.161. The molecule has 0 spiro atoms. The molecule has 1 amide bonds. The van der Waals surface area contributed by atoms with Crippen molar-refractivity contribution in [3.63, 3.8) is 0 Å². The molecule has 2 aromatic heterocycles. The molecule has 0 unspecified atom stereocenters. The van der Waals surface area contributed by atoms with Gasteiger partial charge in [-0.3, -0.25) is 9.69 Å². The van der Waals surface area contributed by atoms with Gasteiger partial charge in [0.2, 0.25) is 5.88 Å². The van der Waals surface area contributed by atoms with Crippen LogP contribution in [0.3, 0.4) is 0 Å². The Morgan fingerprint density at radius 3 is 2.80 bits per heavy atom. The third kappa shape index (κ3) is 3.10. The molecule has 1 aromatic carbocycles. The number of nitrogens with zero attached hydrogens (tertiary/aromatic N) is 4. The fraction of sp³-hybridized carbons (Fsp3) is 0.211. The van der Waals surface area contributed by atoms with Crippen molar-refractivity contribution in [1.82, 2.24) is 14.8 Å². The predicted molar refractivity (Wildman–Crippen MR) is 93.5 cm³/mol. The number of pyridine rings is 1. The molecule has 1 aliphatic heterocycles. The Hall–Kier alpha value is -3.15. The zero-order chi connectivity index (χ0) is 17.1. The normalized spacial score (nSPS) is 13.0. The van der Waals surface area contributed by atoms with Crippen LogP contribution >= 0.6 is 0 Å². The molecule has 0 bridgehead atoms. The smallest absolute Gasteiger partial charge is 0.266 e. The summed E-state index contributed by atoms with van der Waals surface area (Å²) in [6.07, 6.45) is 4.17. The van der Waals surface area contributed by atoms with Gasteiger partial charge in [0.15, 0.2) is 0 Å². The molecule has 4 rings (SSSR count). The molecule has 126 valence electrons. The minimum Gasteiger partial charge on any atom is -0.477 e. The Kier molecular flexibility index (Phi) is 4.16. The van der Waals surface area contributed by atoms with Crippen molar-refractivity contribution in [2.75, 3.05) is 11.5 Å². The Morgan fingerprint density at radius 2 is 2.00 bits per heavy atom. The zero-order valence-electron chi connectivity index (χ0n) is 13.7. The van der Waals surface area contributed by atoms with E-state index in [-0.39, 0.29) is 5.91 Å². The summed E-state index contributed by atoms with van der Waals surface area (Å²) < 4.78 is 7.43. The Bertz CT molecular complexity index is 862. The highest BCUT2D eigenvalue weighted by molar-refractivity contribution is 6.07. The summed E-state index contributed by atoms with van der Waals surface area (Å²) in [4.78, 5) is 19.2. The van der Waals surface area contributed by atoms with E-state index in [2.05, 4.69) is 10.1 Å². The highest BCUT2D eigenvalue weighted by atomic mass is 16.5. The SMILES string of the molecule is O=C(c1cnn2c1OCCC2)N(Cc1ccccc1)c1ccccn1. The maximum atomic E-state index is 13.2. The standard InChI is InChI=1S/C19H18N4O2/c24-18(16-13-21-23-11-6-12-25-19(16)23)22(17-9-4-5-10-20-17)14-15-7-2-1-3-8-15/h1-5,7-10,13H,6,11-12,14H2. The first-order chi connectivity index (χ1) is 12.3. The van der Waals surface area contributed by atoms with Crippen LogP contribution in [0.5, 0.6) is 5.88 Å². The lowest BCUT2D eigenvalue weighted by atomic mass is 10.2. The van der Waals surface area contributed by atoms with Gasteiger partial charge in [-0.25, -0.2) is 9.67 Å². The van der Waals surface area contributed by atoms with Crippen molar-refractivity contribution in [2.45, 2.75) is 19.5 Å². The van der Waals surface area contributed by atoms with Crippen LogP contribution < -0.4 is 9.64 Å². The van der Waals surface area contributed by atoms with Crippen LogP contribution in [0.2, 0.25) is 0 Å². The molecule has 25 heavy (non-hydrogen) atoms. The summed E-state index contributed by atoms with van der Waals surface area (Å²) in [6.45, 7) is 1.81. The molecule has 0 saturated heterocycles. The summed E-state index contributed by atoms with van der Waals surface area (Å²) in [5.41, 5.74) is 1.50. The summed E-state index contributed by atoms with van der Waals surface area (Å²) in [6, 6.07) is 15.4. The van der Waals surface area contributed by atoms with Gasteiger partial charge in [-0.2, -0.15) is 5.10 Å². The van der Waals surface area contributed by atoms with Crippen molar-refractivity contribution >= 4 is 11.7 Å². The quantitative estimate of drug-likeness (QED) is 0.736. The van der Waals surface area contributed by atoms with Gasteiger partial charge in [-0.05, 0) is 17.7 Å².